The molecule has 3 nitrogen and oxygen atoms in total. The summed E-state index contributed by atoms with van der Waals surface area (Å²) in [7, 11) is 0. The summed E-state index contributed by atoms with van der Waals surface area (Å²) < 4.78 is 0.534. The second-order valence-corrected chi connectivity index (χ2v) is 10.4. The van der Waals surface area contributed by atoms with Crippen molar-refractivity contribution in [2.24, 2.45) is 0 Å². The van der Waals surface area contributed by atoms with Crippen molar-refractivity contribution < 1.29 is 9.69 Å². The molecule has 0 atom stereocenters. The maximum absolute atomic E-state index is 12.9. The fourth-order valence-electron chi connectivity index (χ4n) is 3.93. The first-order valence-electron chi connectivity index (χ1n) is 10.2. The molecule has 2 aromatic rings. The Morgan fingerprint density at radius 1 is 1.04 bits per heavy atom. The van der Waals surface area contributed by atoms with Gasteiger partial charge in [-0.05, 0) is 48.1 Å². The van der Waals surface area contributed by atoms with Crippen LogP contribution in [-0.4, -0.2) is 48.5 Å². The normalized spacial score (nSPS) is 19.0. The molecule has 148 valence electrons. The highest BCUT2D eigenvalue weighted by atomic mass is 32.2. The summed E-state index contributed by atoms with van der Waals surface area (Å²) in [6.45, 7) is 6.97. The second-order valence-electron chi connectivity index (χ2n) is 7.69. The number of aryl methyl sites for hydroxylation is 1. The molecule has 2 heterocycles. The van der Waals surface area contributed by atoms with Gasteiger partial charge in [-0.2, -0.15) is 0 Å². The zero-order valence-electron chi connectivity index (χ0n) is 16.5. The van der Waals surface area contributed by atoms with Crippen LogP contribution in [0, 0.1) is 6.92 Å². The topological polar surface area (TPSA) is 24.8 Å². The number of nitrogens with one attached hydrogen (secondary N) is 1. The van der Waals surface area contributed by atoms with Crippen LogP contribution in [0.25, 0.3) is 0 Å². The molecule has 1 N–H and O–H groups in total. The first-order chi connectivity index (χ1) is 13.7. The summed E-state index contributed by atoms with van der Waals surface area (Å²) in [4.78, 5) is 16.5. The van der Waals surface area contributed by atoms with E-state index in [1.807, 2.05) is 40.6 Å². The number of carbonyl (C=O) groups is 1. The summed E-state index contributed by atoms with van der Waals surface area (Å²) >= 11 is 4.05. The first kappa shape index (κ1) is 19.9. The summed E-state index contributed by atoms with van der Waals surface area (Å²) in [6, 6.07) is 17.0. The number of hydrogen-bond donors (Lipinski definition) is 1. The molecule has 5 heteroatoms. The van der Waals surface area contributed by atoms with Crippen LogP contribution in [0.2, 0.25) is 0 Å². The maximum Gasteiger partial charge on any atom is 0.254 e. The minimum atomic E-state index is 0.186. The largest absolute Gasteiger partial charge is 0.328 e. The Morgan fingerprint density at radius 2 is 1.71 bits per heavy atom. The van der Waals surface area contributed by atoms with Crippen LogP contribution in [0.4, 0.5) is 0 Å². The van der Waals surface area contributed by atoms with E-state index in [0.29, 0.717) is 4.58 Å². The van der Waals surface area contributed by atoms with Gasteiger partial charge in [0, 0.05) is 11.1 Å². The average molecular weight is 414 g/mol. The SMILES string of the molecule is Cc1ccccc1C[NH+]1CCN(C(=O)c2ccc(C3SCCCS3)cc2)CC1. The number of quaternary nitrogens is 1. The lowest BCUT2D eigenvalue weighted by molar-refractivity contribution is -0.917. The van der Waals surface area contributed by atoms with Crippen LogP contribution in [0.15, 0.2) is 48.5 Å². The third-order valence-electron chi connectivity index (χ3n) is 5.72. The fourth-order valence-corrected chi connectivity index (χ4v) is 6.82. The van der Waals surface area contributed by atoms with Crippen molar-refractivity contribution in [1.29, 1.82) is 0 Å². The molecule has 0 saturated carbocycles. The van der Waals surface area contributed by atoms with Gasteiger partial charge in [0.15, 0.2) is 0 Å². The van der Waals surface area contributed by atoms with Gasteiger partial charge in [0.25, 0.3) is 5.91 Å². The van der Waals surface area contributed by atoms with E-state index >= 15 is 0 Å². The molecule has 0 spiro atoms. The molecule has 4 rings (SSSR count). The third kappa shape index (κ3) is 4.76. The zero-order valence-corrected chi connectivity index (χ0v) is 18.2. The predicted octanol–water partition coefficient (Wildman–Crippen LogP) is 3.40. The van der Waals surface area contributed by atoms with Gasteiger partial charge in [-0.1, -0.05) is 36.4 Å². The molecule has 2 aliphatic heterocycles. The molecule has 0 unspecified atom stereocenters. The van der Waals surface area contributed by atoms with Gasteiger partial charge in [-0.3, -0.25) is 4.79 Å². The van der Waals surface area contributed by atoms with Crippen molar-refractivity contribution in [1.82, 2.24) is 4.90 Å². The van der Waals surface area contributed by atoms with Gasteiger partial charge < -0.3 is 9.80 Å². The van der Waals surface area contributed by atoms with E-state index in [1.165, 1.54) is 34.6 Å². The van der Waals surface area contributed by atoms with E-state index in [4.69, 9.17) is 0 Å². The predicted molar refractivity (Wildman–Crippen MR) is 120 cm³/mol. The van der Waals surface area contributed by atoms with Crippen LogP contribution >= 0.6 is 23.5 Å². The fraction of sp³-hybridized carbons (Fsp3) is 0.435. The zero-order chi connectivity index (χ0) is 19.3. The number of carbonyl (C=O) groups excluding carboxylic acids is 1. The van der Waals surface area contributed by atoms with E-state index in [9.17, 15) is 4.79 Å². The molecule has 0 bridgehead atoms. The van der Waals surface area contributed by atoms with Gasteiger partial charge >= 0.3 is 0 Å². The maximum atomic E-state index is 12.9. The van der Waals surface area contributed by atoms with E-state index in [1.54, 1.807) is 4.90 Å². The van der Waals surface area contributed by atoms with Crippen LogP contribution < -0.4 is 4.90 Å². The number of piperazine rings is 1. The highest BCUT2D eigenvalue weighted by molar-refractivity contribution is 8.16. The van der Waals surface area contributed by atoms with Gasteiger partial charge in [0.05, 0.1) is 30.8 Å². The quantitative estimate of drug-likeness (QED) is 0.832. The molecule has 0 aliphatic carbocycles. The molecule has 2 aromatic carbocycles. The molecule has 28 heavy (non-hydrogen) atoms. The molecule has 1 amide bonds. The molecule has 2 aliphatic rings. The van der Waals surface area contributed by atoms with E-state index in [0.717, 1.165) is 38.3 Å². The lowest BCUT2D eigenvalue weighted by Gasteiger charge is -2.32. The minimum absolute atomic E-state index is 0.186. The van der Waals surface area contributed by atoms with Gasteiger partial charge in [-0.15, -0.1) is 23.5 Å². The van der Waals surface area contributed by atoms with Crippen molar-refractivity contribution in [2.75, 3.05) is 37.7 Å². The van der Waals surface area contributed by atoms with Crippen molar-refractivity contribution in [3.63, 3.8) is 0 Å². The van der Waals surface area contributed by atoms with E-state index in [-0.39, 0.29) is 5.91 Å². The average Bonchev–Trinajstić information content (AvgIpc) is 2.76. The Balaban J connectivity index is 1.31. The van der Waals surface area contributed by atoms with Crippen LogP contribution in [0.5, 0.6) is 0 Å². The number of nitrogens with zero attached hydrogens (tertiary/aromatic N) is 1. The lowest BCUT2D eigenvalue weighted by atomic mass is 10.1. The highest BCUT2D eigenvalue weighted by Gasteiger charge is 2.25. The van der Waals surface area contributed by atoms with Crippen LogP contribution in [0.3, 0.4) is 0 Å². The number of amides is 1. The summed E-state index contributed by atoms with van der Waals surface area (Å²) in [5.41, 5.74) is 4.96. The molecule has 0 aromatic heterocycles. The lowest BCUT2D eigenvalue weighted by Crippen LogP contribution is -3.13. The number of thioether (sulfide) groups is 2. The minimum Gasteiger partial charge on any atom is -0.328 e. The van der Waals surface area contributed by atoms with Gasteiger partial charge in [0.1, 0.15) is 6.54 Å². The standard InChI is InChI=1S/C23H28N2OS2/c1-18-5-2-3-6-21(18)17-24-11-13-25(14-12-24)22(26)19-7-9-20(10-8-19)23-27-15-4-16-28-23/h2-3,5-10,23H,4,11-17H2,1H3/p+1. The summed E-state index contributed by atoms with van der Waals surface area (Å²) in [5, 5.41) is 0. The van der Waals surface area contributed by atoms with Crippen molar-refractivity contribution >= 4 is 29.4 Å². The van der Waals surface area contributed by atoms with Crippen LogP contribution in [0.1, 0.15) is 38.1 Å². The second kappa shape index (κ2) is 9.38. The Kier molecular flexibility index (Phi) is 6.65. The van der Waals surface area contributed by atoms with Crippen LogP contribution in [-0.2, 0) is 6.54 Å². The molecule has 2 fully saturated rings. The van der Waals surface area contributed by atoms with E-state index < -0.39 is 0 Å². The first-order valence-corrected chi connectivity index (χ1v) is 12.3. The third-order valence-corrected chi connectivity index (χ3v) is 8.73. The Hall–Kier alpha value is -1.43. The van der Waals surface area contributed by atoms with Crippen molar-refractivity contribution in [2.45, 2.75) is 24.5 Å². The summed E-state index contributed by atoms with van der Waals surface area (Å²) in [5.74, 6) is 2.67. The highest BCUT2D eigenvalue weighted by Crippen LogP contribution is 2.43. The molecule has 2 saturated heterocycles. The summed E-state index contributed by atoms with van der Waals surface area (Å²) in [6.07, 6.45) is 1.31. The molecular formula is C23H29N2OS2+. The Labute approximate surface area is 176 Å². The van der Waals surface area contributed by atoms with Crippen molar-refractivity contribution in [3.8, 4) is 0 Å². The van der Waals surface area contributed by atoms with Gasteiger partial charge in [0.2, 0.25) is 0 Å². The molecule has 0 radical (unpaired) electrons. The number of rotatable bonds is 4. The van der Waals surface area contributed by atoms with Gasteiger partial charge in [-0.25, -0.2) is 0 Å². The number of benzene rings is 2. The van der Waals surface area contributed by atoms with E-state index in [2.05, 4.69) is 43.3 Å². The molecular weight excluding hydrogens is 384 g/mol. The Morgan fingerprint density at radius 3 is 2.39 bits per heavy atom. The Bertz CT molecular complexity index is 795. The van der Waals surface area contributed by atoms with Crippen molar-refractivity contribution in [3.05, 3.63) is 70.8 Å². The smallest absolute Gasteiger partial charge is 0.254 e. The number of hydrogen-bond acceptors (Lipinski definition) is 3. The monoisotopic (exact) mass is 413 g/mol.